The molecule has 0 bridgehead atoms. The summed E-state index contributed by atoms with van der Waals surface area (Å²) >= 11 is 1.89. The first kappa shape index (κ1) is 26.8. The molecule has 190 valence electrons. The highest BCUT2D eigenvalue weighted by molar-refractivity contribution is 14.1. The van der Waals surface area contributed by atoms with E-state index in [1.807, 2.05) is 41.9 Å². The fourth-order valence-electron chi connectivity index (χ4n) is 3.85. The molecule has 1 aliphatic rings. The zero-order valence-electron chi connectivity index (χ0n) is 19.4. The third kappa shape index (κ3) is 6.01. The molecule has 0 radical (unpaired) electrons. The molecule has 8 nitrogen and oxygen atoms in total. The lowest BCUT2D eigenvalue weighted by atomic mass is 9.97. The number of aromatic nitrogens is 3. The van der Waals surface area contributed by atoms with Crippen LogP contribution in [-0.4, -0.2) is 45.4 Å². The van der Waals surface area contributed by atoms with Gasteiger partial charge in [-0.1, -0.05) is 16.2 Å². The molecule has 0 saturated carbocycles. The van der Waals surface area contributed by atoms with E-state index < -0.39 is 24.1 Å². The highest BCUT2D eigenvalue weighted by Gasteiger charge is 2.39. The Kier molecular flexibility index (Phi) is 7.92. The van der Waals surface area contributed by atoms with Gasteiger partial charge in [-0.3, -0.25) is 14.6 Å². The van der Waals surface area contributed by atoms with Crippen LogP contribution in [0.3, 0.4) is 0 Å². The van der Waals surface area contributed by atoms with Gasteiger partial charge in [-0.2, -0.15) is 8.78 Å². The second-order valence-electron chi connectivity index (χ2n) is 8.62. The van der Waals surface area contributed by atoms with Gasteiger partial charge in [0.25, 0.3) is 5.66 Å². The number of nitrogens with one attached hydrogen (secondary N) is 1. The maximum atomic E-state index is 13.4. The van der Waals surface area contributed by atoms with Crippen molar-refractivity contribution in [2.75, 3.05) is 16.3 Å². The van der Waals surface area contributed by atoms with Crippen molar-refractivity contribution in [3.8, 4) is 22.7 Å². The summed E-state index contributed by atoms with van der Waals surface area (Å²) in [6.07, 6.45) is 3.36. The molecule has 0 spiro atoms. The van der Waals surface area contributed by atoms with Crippen LogP contribution in [0, 0.1) is 18.8 Å². The number of anilines is 1. The van der Waals surface area contributed by atoms with Crippen molar-refractivity contribution >= 4 is 64.3 Å². The molecule has 4 atom stereocenters. The summed E-state index contributed by atoms with van der Waals surface area (Å²) in [4.78, 5) is 29.4. The van der Waals surface area contributed by atoms with Gasteiger partial charge in [0, 0.05) is 30.3 Å². The van der Waals surface area contributed by atoms with E-state index in [0.717, 1.165) is 10.9 Å². The zero-order chi connectivity index (χ0) is 26.2. The number of benzene rings is 1. The number of hydrogen-bond donors (Lipinski definition) is 1. The van der Waals surface area contributed by atoms with Crippen molar-refractivity contribution in [3.63, 3.8) is 0 Å². The predicted molar refractivity (Wildman–Crippen MR) is 148 cm³/mol. The molecule has 3 heterocycles. The molecule has 3 aromatic rings. The van der Waals surface area contributed by atoms with E-state index in [1.165, 1.54) is 12.4 Å². The van der Waals surface area contributed by atoms with Crippen molar-refractivity contribution in [1.82, 2.24) is 20.1 Å². The third-order valence-corrected chi connectivity index (χ3v) is 7.15. The van der Waals surface area contributed by atoms with E-state index in [9.17, 15) is 18.4 Å². The van der Waals surface area contributed by atoms with Crippen LogP contribution in [0.1, 0.15) is 12.5 Å². The van der Waals surface area contributed by atoms with Crippen LogP contribution in [0.2, 0.25) is 0 Å². The topological polar surface area (TPSA) is 89.4 Å². The van der Waals surface area contributed by atoms with Gasteiger partial charge in [-0.15, -0.1) is 14.3 Å². The van der Waals surface area contributed by atoms with Gasteiger partial charge in [0.15, 0.2) is 12.4 Å². The Bertz CT molecular complexity index is 1320. The monoisotopic (exact) mass is 645 g/mol. The molecule has 13 heteroatoms. The Morgan fingerprint density at radius 2 is 2.06 bits per heavy atom. The molecule has 2 aromatic heterocycles. The number of pyridine rings is 1. The Labute approximate surface area is 225 Å². The zero-order valence-corrected chi connectivity index (χ0v) is 23.9. The van der Waals surface area contributed by atoms with E-state index in [2.05, 4.69) is 24.6 Å². The SMILES string of the molecule is Cc1cncc(-n2nc(N(I)C(=O)[C@H]3CNC(=O)[C@@H]3C)cc2-c2cc(P)cc(OCC(F)(F)P)c2)c1. The molecule has 2 amide bonds. The van der Waals surface area contributed by atoms with Gasteiger partial charge in [0.05, 0.1) is 46.4 Å². The Morgan fingerprint density at radius 3 is 2.69 bits per heavy atom. The van der Waals surface area contributed by atoms with Gasteiger partial charge >= 0.3 is 0 Å². The van der Waals surface area contributed by atoms with Gasteiger partial charge in [-0.25, -0.2) is 7.80 Å². The number of carbonyl (C=O) groups is 2. The molecule has 1 N–H and O–H groups in total. The minimum absolute atomic E-state index is 0.156. The van der Waals surface area contributed by atoms with E-state index in [1.54, 1.807) is 42.2 Å². The normalized spacial score (nSPS) is 17.7. The maximum Gasteiger partial charge on any atom is 0.291 e. The maximum absolute atomic E-state index is 13.4. The number of ether oxygens (including phenoxy) is 1. The lowest BCUT2D eigenvalue weighted by molar-refractivity contribution is -0.127. The van der Waals surface area contributed by atoms with E-state index >= 15 is 0 Å². The Morgan fingerprint density at radius 1 is 1.31 bits per heavy atom. The predicted octanol–water partition coefficient (Wildman–Crippen LogP) is 3.65. The third-order valence-electron chi connectivity index (χ3n) is 5.68. The highest BCUT2D eigenvalue weighted by Crippen LogP contribution is 2.33. The summed E-state index contributed by atoms with van der Waals surface area (Å²) in [6, 6.07) is 8.75. The number of carbonyl (C=O) groups excluding carboxylic acids is 2. The summed E-state index contributed by atoms with van der Waals surface area (Å²) in [6.45, 7) is 3.10. The molecule has 1 saturated heterocycles. The number of alkyl halides is 2. The molecular weight excluding hydrogens is 621 g/mol. The highest BCUT2D eigenvalue weighted by atomic mass is 127. The standard InChI is InChI=1S/C23H24F2IN5O3P2/c1-12-3-15(9-27-8-12)31-19(14-4-16(6-17(35)5-14)34-11-23(24,25)36)7-20(29-31)30(26)22(33)18-10-28-21(32)13(18)2/h3-9,13,18H,10-11,35-36H2,1-2H3,(H,28,32)/t13-,18+/m1/s1. The second kappa shape index (κ2) is 10.6. The van der Waals surface area contributed by atoms with Crippen molar-refractivity contribution < 1.29 is 23.1 Å². The van der Waals surface area contributed by atoms with E-state index in [-0.39, 0.29) is 24.1 Å². The number of aryl methyl sites for hydroxylation is 1. The van der Waals surface area contributed by atoms with Crippen LogP contribution in [-0.2, 0) is 9.59 Å². The first-order valence-corrected chi connectivity index (χ1v) is 13.0. The molecule has 1 aromatic carbocycles. The van der Waals surface area contributed by atoms with Crippen LogP contribution in [0.25, 0.3) is 16.9 Å². The summed E-state index contributed by atoms with van der Waals surface area (Å²) in [5.41, 5.74) is -0.239. The smallest absolute Gasteiger partial charge is 0.291 e. The minimum Gasteiger partial charge on any atom is -0.487 e. The average Bonchev–Trinajstić information content (AvgIpc) is 3.40. The Balaban J connectivity index is 1.76. The van der Waals surface area contributed by atoms with Crippen LogP contribution < -0.4 is 18.5 Å². The van der Waals surface area contributed by atoms with Gasteiger partial charge < -0.3 is 10.1 Å². The van der Waals surface area contributed by atoms with Crippen LogP contribution in [0.4, 0.5) is 14.6 Å². The molecule has 1 aliphatic heterocycles. The fourth-order valence-corrected chi connectivity index (χ4v) is 4.87. The molecular formula is C23H24F2IN5O3P2. The summed E-state index contributed by atoms with van der Waals surface area (Å²) < 4.78 is 35.1. The second-order valence-corrected chi connectivity index (χ2v) is 11.1. The van der Waals surface area contributed by atoms with Gasteiger partial charge in [0.2, 0.25) is 11.8 Å². The number of amides is 2. The van der Waals surface area contributed by atoms with Crippen molar-refractivity contribution in [2.45, 2.75) is 19.5 Å². The lowest BCUT2D eigenvalue weighted by Gasteiger charge is -2.17. The van der Waals surface area contributed by atoms with Crippen molar-refractivity contribution in [1.29, 1.82) is 0 Å². The number of nitrogens with zero attached hydrogens (tertiary/aromatic N) is 4. The largest absolute Gasteiger partial charge is 0.487 e. The van der Waals surface area contributed by atoms with Crippen LogP contribution in [0.15, 0.2) is 42.7 Å². The van der Waals surface area contributed by atoms with E-state index in [0.29, 0.717) is 22.8 Å². The molecule has 36 heavy (non-hydrogen) atoms. The van der Waals surface area contributed by atoms with Gasteiger partial charge in [-0.05, 0) is 42.1 Å². The molecule has 1 fully saturated rings. The summed E-state index contributed by atoms with van der Waals surface area (Å²) in [5.74, 6) is -0.726. The average molecular weight is 645 g/mol. The van der Waals surface area contributed by atoms with Crippen LogP contribution >= 0.6 is 41.3 Å². The minimum atomic E-state index is -3.06. The Hall–Kier alpha value is -2.23. The molecule has 4 rings (SSSR count). The van der Waals surface area contributed by atoms with E-state index in [4.69, 9.17) is 4.74 Å². The molecule has 0 aliphatic carbocycles. The number of rotatable bonds is 7. The number of halogens is 3. The molecule has 2 unspecified atom stereocenters. The summed E-state index contributed by atoms with van der Waals surface area (Å²) in [7, 11) is 4.00. The van der Waals surface area contributed by atoms with Crippen molar-refractivity contribution in [3.05, 3.63) is 48.3 Å². The number of hydrogen-bond acceptors (Lipinski definition) is 5. The lowest BCUT2D eigenvalue weighted by Crippen LogP contribution is -2.32. The first-order chi connectivity index (χ1) is 16.9. The fraction of sp³-hybridized carbons (Fsp3) is 0.304. The summed E-state index contributed by atoms with van der Waals surface area (Å²) in [5, 5.41) is 8.12. The first-order valence-electron chi connectivity index (χ1n) is 10.9. The van der Waals surface area contributed by atoms with Crippen molar-refractivity contribution in [2.24, 2.45) is 11.8 Å². The van der Waals surface area contributed by atoms with Crippen LogP contribution in [0.5, 0.6) is 5.75 Å². The van der Waals surface area contributed by atoms with Gasteiger partial charge in [0.1, 0.15) is 5.75 Å². The quantitative estimate of drug-likeness (QED) is 0.241.